The van der Waals surface area contributed by atoms with Crippen LogP contribution in [0.15, 0.2) is 65.7 Å². The Balaban J connectivity index is 2.02. The molecule has 0 spiro atoms. The van der Waals surface area contributed by atoms with Crippen molar-refractivity contribution in [2.75, 3.05) is 6.26 Å². The van der Waals surface area contributed by atoms with Gasteiger partial charge in [-0.25, -0.2) is 9.07 Å². The summed E-state index contributed by atoms with van der Waals surface area (Å²) in [5, 5.41) is 4.28. The highest BCUT2D eigenvalue weighted by Gasteiger charge is 2.08. The lowest BCUT2D eigenvalue weighted by Gasteiger charge is -2.08. The molecule has 1 unspecified atom stereocenters. The Bertz CT molecular complexity index is 779. The molecule has 2 aromatic carbocycles. The monoisotopic (exact) mass is 300 g/mol. The molecule has 0 amide bonds. The van der Waals surface area contributed by atoms with Gasteiger partial charge in [-0.1, -0.05) is 12.1 Å². The minimum absolute atomic E-state index is 0.276. The first-order valence-corrected chi connectivity index (χ1v) is 7.95. The van der Waals surface area contributed by atoms with Crippen LogP contribution in [0, 0.1) is 5.82 Å². The Hall–Kier alpha value is -2.27. The molecule has 3 nitrogen and oxygen atoms in total. The largest absolute Gasteiger partial charge is 0.255 e. The molecule has 3 rings (SSSR count). The van der Waals surface area contributed by atoms with Crippen molar-refractivity contribution in [1.29, 1.82) is 0 Å². The molecule has 1 atom stereocenters. The van der Waals surface area contributed by atoms with Crippen molar-refractivity contribution in [3.63, 3.8) is 0 Å². The van der Waals surface area contributed by atoms with Crippen LogP contribution in [-0.2, 0) is 10.8 Å². The zero-order valence-electron chi connectivity index (χ0n) is 11.4. The molecule has 0 aliphatic rings. The van der Waals surface area contributed by atoms with E-state index in [1.165, 1.54) is 12.1 Å². The summed E-state index contributed by atoms with van der Waals surface area (Å²) in [5.41, 5.74) is 2.65. The van der Waals surface area contributed by atoms with Crippen molar-refractivity contribution in [3.8, 4) is 16.9 Å². The Morgan fingerprint density at radius 2 is 1.67 bits per heavy atom. The third kappa shape index (κ3) is 2.78. The fourth-order valence-corrected chi connectivity index (χ4v) is 2.65. The summed E-state index contributed by atoms with van der Waals surface area (Å²) in [5.74, 6) is -0.276. The maximum atomic E-state index is 13.0. The minimum atomic E-state index is -0.992. The number of hydrogen-bond acceptors (Lipinski definition) is 2. The standard InChI is InChI=1S/C16H13FN2OS/c1-21(20)15-8-2-12(3-9-15)16-10-11-18-19(16)14-6-4-13(17)5-7-14/h2-11H,1H3. The summed E-state index contributed by atoms with van der Waals surface area (Å²) in [6.45, 7) is 0. The molecule has 3 aromatic rings. The molecule has 0 saturated heterocycles. The van der Waals surface area contributed by atoms with Crippen LogP contribution in [0.4, 0.5) is 4.39 Å². The predicted molar refractivity (Wildman–Crippen MR) is 81.3 cm³/mol. The molecular formula is C16H13FN2OS. The lowest BCUT2D eigenvalue weighted by molar-refractivity contribution is 0.627. The second-order valence-corrected chi connectivity index (χ2v) is 5.96. The molecule has 1 aromatic heterocycles. The van der Waals surface area contributed by atoms with Crippen molar-refractivity contribution in [2.24, 2.45) is 0 Å². The van der Waals surface area contributed by atoms with Gasteiger partial charge in [0.05, 0.1) is 17.6 Å². The predicted octanol–water partition coefficient (Wildman–Crippen LogP) is 3.42. The summed E-state index contributed by atoms with van der Waals surface area (Å²) in [6.07, 6.45) is 3.35. The highest BCUT2D eigenvalue weighted by molar-refractivity contribution is 7.84. The lowest BCUT2D eigenvalue weighted by Crippen LogP contribution is -1.99. The molecule has 0 N–H and O–H groups in total. The quantitative estimate of drug-likeness (QED) is 0.743. The normalized spacial score (nSPS) is 12.3. The van der Waals surface area contributed by atoms with Gasteiger partial charge in [-0.3, -0.25) is 4.21 Å². The molecular weight excluding hydrogens is 287 g/mol. The van der Waals surface area contributed by atoms with Crippen LogP contribution in [-0.4, -0.2) is 20.2 Å². The minimum Gasteiger partial charge on any atom is -0.255 e. The van der Waals surface area contributed by atoms with Gasteiger partial charge in [-0.05, 0) is 42.5 Å². The van der Waals surface area contributed by atoms with E-state index >= 15 is 0 Å². The van der Waals surface area contributed by atoms with Gasteiger partial charge in [0.1, 0.15) is 5.82 Å². The first kappa shape index (κ1) is 13.7. The average molecular weight is 300 g/mol. The second-order valence-electron chi connectivity index (χ2n) is 4.58. The second kappa shape index (κ2) is 5.61. The van der Waals surface area contributed by atoms with Crippen LogP contribution in [0.25, 0.3) is 16.9 Å². The Morgan fingerprint density at radius 1 is 1.00 bits per heavy atom. The third-order valence-electron chi connectivity index (χ3n) is 3.20. The van der Waals surface area contributed by atoms with Crippen LogP contribution in [0.5, 0.6) is 0 Å². The van der Waals surface area contributed by atoms with Crippen molar-refractivity contribution in [1.82, 2.24) is 9.78 Å². The Kier molecular flexibility index (Phi) is 3.66. The van der Waals surface area contributed by atoms with Gasteiger partial charge in [0, 0.05) is 27.5 Å². The van der Waals surface area contributed by atoms with E-state index in [9.17, 15) is 8.60 Å². The number of hydrogen-bond donors (Lipinski definition) is 0. The lowest BCUT2D eigenvalue weighted by atomic mass is 10.1. The molecule has 106 valence electrons. The Morgan fingerprint density at radius 3 is 2.29 bits per heavy atom. The van der Waals surface area contributed by atoms with Crippen molar-refractivity contribution in [2.45, 2.75) is 4.90 Å². The molecule has 5 heteroatoms. The smallest absolute Gasteiger partial charge is 0.123 e. The summed E-state index contributed by atoms with van der Waals surface area (Å²) in [4.78, 5) is 0.784. The summed E-state index contributed by atoms with van der Waals surface area (Å²) < 4.78 is 26.2. The summed E-state index contributed by atoms with van der Waals surface area (Å²) >= 11 is 0. The molecule has 0 aliphatic heterocycles. The fraction of sp³-hybridized carbons (Fsp3) is 0.0625. The van der Waals surface area contributed by atoms with Crippen LogP contribution in [0.1, 0.15) is 0 Å². The zero-order chi connectivity index (χ0) is 14.8. The number of halogens is 1. The topological polar surface area (TPSA) is 34.9 Å². The highest BCUT2D eigenvalue weighted by atomic mass is 32.2. The van der Waals surface area contributed by atoms with E-state index < -0.39 is 10.8 Å². The van der Waals surface area contributed by atoms with Crippen molar-refractivity contribution < 1.29 is 8.60 Å². The zero-order valence-corrected chi connectivity index (χ0v) is 12.2. The van der Waals surface area contributed by atoms with E-state index in [1.54, 1.807) is 29.3 Å². The number of nitrogens with zero attached hydrogens (tertiary/aromatic N) is 2. The van der Waals surface area contributed by atoms with Crippen LogP contribution in [0.3, 0.4) is 0 Å². The number of rotatable bonds is 3. The van der Waals surface area contributed by atoms with Crippen molar-refractivity contribution >= 4 is 10.8 Å². The van der Waals surface area contributed by atoms with Crippen molar-refractivity contribution in [3.05, 3.63) is 66.6 Å². The number of aromatic nitrogens is 2. The SMILES string of the molecule is CS(=O)c1ccc(-c2ccnn2-c2ccc(F)cc2)cc1. The molecule has 0 fully saturated rings. The van der Waals surface area contributed by atoms with Gasteiger partial charge in [0.15, 0.2) is 0 Å². The first-order chi connectivity index (χ1) is 10.1. The van der Waals surface area contributed by atoms with Gasteiger partial charge in [0.2, 0.25) is 0 Å². The maximum absolute atomic E-state index is 13.0. The van der Waals surface area contributed by atoms with Crippen LogP contribution in [0.2, 0.25) is 0 Å². The van der Waals surface area contributed by atoms with E-state index in [-0.39, 0.29) is 5.82 Å². The van der Waals surface area contributed by atoms with E-state index in [2.05, 4.69) is 5.10 Å². The van der Waals surface area contributed by atoms with E-state index in [0.29, 0.717) is 0 Å². The van der Waals surface area contributed by atoms with Gasteiger partial charge in [0.25, 0.3) is 0 Å². The average Bonchev–Trinajstić information content (AvgIpc) is 2.97. The first-order valence-electron chi connectivity index (χ1n) is 6.39. The summed E-state index contributed by atoms with van der Waals surface area (Å²) in [6, 6.07) is 15.6. The molecule has 1 heterocycles. The van der Waals surface area contributed by atoms with Gasteiger partial charge in [-0.2, -0.15) is 5.10 Å². The molecule has 0 saturated carbocycles. The van der Waals surface area contributed by atoms with Gasteiger partial charge < -0.3 is 0 Å². The molecule has 0 radical (unpaired) electrons. The van der Waals surface area contributed by atoms with Crippen LogP contribution >= 0.6 is 0 Å². The van der Waals surface area contributed by atoms with Crippen LogP contribution < -0.4 is 0 Å². The molecule has 21 heavy (non-hydrogen) atoms. The summed E-state index contributed by atoms with van der Waals surface area (Å²) in [7, 11) is -0.992. The fourth-order valence-electron chi connectivity index (χ4n) is 2.13. The maximum Gasteiger partial charge on any atom is 0.123 e. The number of benzene rings is 2. The van der Waals surface area contributed by atoms with E-state index in [1.807, 2.05) is 30.3 Å². The van der Waals surface area contributed by atoms with Gasteiger partial charge in [-0.15, -0.1) is 0 Å². The molecule has 0 aliphatic carbocycles. The van der Waals surface area contributed by atoms with E-state index in [4.69, 9.17) is 0 Å². The highest BCUT2D eigenvalue weighted by Crippen LogP contribution is 2.23. The third-order valence-corrected chi connectivity index (χ3v) is 4.13. The van der Waals surface area contributed by atoms with Gasteiger partial charge >= 0.3 is 0 Å². The Labute approximate surface area is 124 Å². The van der Waals surface area contributed by atoms with E-state index in [0.717, 1.165) is 21.8 Å². The molecule has 0 bridgehead atoms.